The van der Waals surface area contributed by atoms with E-state index in [9.17, 15) is 28.8 Å². The highest BCUT2D eigenvalue weighted by atomic mass is 16.2. The van der Waals surface area contributed by atoms with Gasteiger partial charge in [-0.2, -0.15) is 0 Å². The molecule has 3 unspecified atom stereocenters. The monoisotopic (exact) mass is 421 g/mol. The lowest BCUT2D eigenvalue weighted by Gasteiger charge is -2.27. The summed E-state index contributed by atoms with van der Waals surface area (Å²) in [6, 6.07) is 3.72. The van der Waals surface area contributed by atoms with E-state index in [1.807, 2.05) is 6.08 Å². The van der Waals surface area contributed by atoms with E-state index in [1.165, 1.54) is 6.07 Å². The van der Waals surface area contributed by atoms with Crippen molar-refractivity contribution < 1.29 is 28.8 Å². The Balaban J connectivity index is 1.34. The Hall–Kier alpha value is -3.62. The van der Waals surface area contributed by atoms with Gasteiger partial charge in [-0.05, 0) is 24.5 Å². The molecule has 2 bridgehead atoms. The minimum Gasteiger partial charge on any atom is -0.352 e. The lowest BCUT2D eigenvalue weighted by Crippen LogP contribution is -2.54. The number of hydrogen-bond acceptors (Lipinski definition) is 6. The molecule has 31 heavy (non-hydrogen) atoms. The maximum Gasteiger partial charge on any atom is 0.262 e. The molecule has 9 nitrogen and oxygen atoms in total. The molecule has 4 aliphatic rings. The Morgan fingerprint density at radius 2 is 1.90 bits per heavy atom. The van der Waals surface area contributed by atoms with Crippen LogP contribution in [0.3, 0.4) is 0 Å². The summed E-state index contributed by atoms with van der Waals surface area (Å²) in [7, 11) is 0. The summed E-state index contributed by atoms with van der Waals surface area (Å²) in [5.41, 5.74) is 0.782. The maximum atomic E-state index is 13.1. The number of nitrogens with one attached hydrogen (secondary N) is 2. The van der Waals surface area contributed by atoms with Gasteiger partial charge in [-0.15, -0.1) is 0 Å². The summed E-state index contributed by atoms with van der Waals surface area (Å²) in [5, 5.41) is 4.95. The number of hydrogen-bond donors (Lipinski definition) is 2. The zero-order valence-electron chi connectivity index (χ0n) is 16.4. The topological polar surface area (TPSA) is 130 Å². The van der Waals surface area contributed by atoms with E-state index in [1.54, 1.807) is 18.2 Å². The van der Waals surface area contributed by atoms with Crippen LogP contribution >= 0.6 is 0 Å². The molecule has 1 aromatic carbocycles. The van der Waals surface area contributed by atoms with Gasteiger partial charge in [-0.1, -0.05) is 24.3 Å². The Kier molecular flexibility index (Phi) is 4.35. The first-order valence-electron chi connectivity index (χ1n) is 10.2. The normalized spacial score (nSPS) is 28.9. The molecule has 5 amide bonds. The number of fused-ring (bicyclic) bond motifs is 3. The zero-order valence-corrected chi connectivity index (χ0v) is 16.4. The van der Waals surface area contributed by atoms with Crippen LogP contribution in [0.1, 0.15) is 45.5 Å². The zero-order chi connectivity index (χ0) is 21.9. The number of carbonyl (C=O) groups is 6. The Morgan fingerprint density at radius 1 is 1.10 bits per heavy atom. The summed E-state index contributed by atoms with van der Waals surface area (Å²) in [4.78, 5) is 75.1. The van der Waals surface area contributed by atoms with Gasteiger partial charge in [0.1, 0.15) is 11.8 Å². The molecule has 9 heteroatoms. The molecule has 2 fully saturated rings. The van der Waals surface area contributed by atoms with Crippen LogP contribution in [0.4, 0.5) is 0 Å². The average Bonchev–Trinajstić information content (AvgIpc) is 3.35. The molecule has 0 spiro atoms. The van der Waals surface area contributed by atoms with Crippen molar-refractivity contribution >= 4 is 35.3 Å². The third kappa shape index (κ3) is 2.91. The molecule has 1 saturated carbocycles. The van der Waals surface area contributed by atoms with Gasteiger partial charge in [-0.3, -0.25) is 39.0 Å². The summed E-state index contributed by atoms with van der Waals surface area (Å²) < 4.78 is 0. The van der Waals surface area contributed by atoms with Crippen LogP contribution in [0.25, 0.3) is 0 Å². The van der Waals surface area contributed by atoms with Gasteiger partial charge in [0.15, 0.2) is 0 Å². The molecular weight excluding hydrogens is 402 g/mol. The number of amides is 5. The highest BCUT2D eigenvalue weighted by Crippen LogP contribution is 2.40. The van der Waals surface area contributed by atoms with Gasteiger partial charge >= 0.3 is 0 Å². The summed E-state index contributed by atoms with van der Waals surface area (Å²) in [6.45, 7) is 0.0238. The quantitative estimate of drug-likeness (QED) is 0.524. The predicted octanol–water partition coefficient (Wildman–Crippen LogP) is 0.0952. The molecular formula is C22H19N3O6. The first-order chi connectivity index (χ1) is 14.9. The second-order valence-corrected chi connectivity index (χ2v) is 8.27. The van der Waals surface area contributed by atoms with E-state index in [0.29, 0.717) is 12.0 Å². The van der Waals surface area contributed by atoms with Crippen LogP contribution in [0.2, 0.25) is 0 Å². The van der Waals surface area contributed by atoms with Crippen molar-refractivity contribution in [1.82, 2.24) is 15.5 Å². The minimum atomic E-state index is -1.04. The van der Waals surface area contributed by atoms with Crippen molar-refractivity contribution in [1.29, 1.82) is 0 Å². The number of benzene rings is 1. The number of ketones is 1. The first-order valence-corrected chi connectivity index (χ1v) is 10.2. The predicted molar refractivity (Wildman–Crippen MR) is 104 cm³/mol. The van der Waals surface area contributed by atoms with Crippen molar-refractivity contribution in [3.63, 3.8) is 0 Å². The van der Waals surface area contributed by atoms with E-state index < -0.39 is 41.5 Å². The van der Waals surface area contributed by atoms with Crippen LogP contribution < -0.4 is 10.6 Å². The number of carbonyl (C=O) groups excluding carboxylic acids is 6. The lowest BCUT2D eigenvalue weighted by molar-refractivity contribution is -0.136. The van der Waals surface area contributed by atoms with Gasteiger partial charge in [0, 0.05) is 24.8 Å². The van der Waals surface area contributed by atoms with E-state index in [2.05, 4.69) is 10.6 Å². The number of allylic oxidation sites excluding steroid dienone is 2. The Labute approximate surface area is 176 Å². The van der Waals surface area contributed by atoms with Crippen molar-refractivity contribution in [2.24, 2.45) is 17.8 Å². The summed E-state index contributed by atoms with van der Waals surface area (Å²) in [5.74, 6) is -3.51. The van der Waals surface area contributed by atoms with E-state index in [0.717, 1.165) is 4.90 Å². The SMILES string of the molecule is O=C1CCC(N2C(=O)c3cccc(CNC(=O)C4C[C@H]5C=CC4C5=O)c3C2=O)C(=O)N1. The van der Waals surface area contributed by atoms with Crippen LogP contribution in [-0.4, -0.2) is 46.3 Å². The van der Waals surface area contributed by atoms with Crippen LogP contribution in [0, 0.1) is 17.8 Å². The molecule has 2 aliphatic carbocycles. The number of Topliss-reactive ketones (excluding diaryl/α,β-unsaturated/α-hetero) is 1. The lowest BCUT2D eigenvalue weighted by atomic mass is 9.92. The van der Waals surface area contributed by atoms with Crippen LogP contribution in [-0.2, 0) is 25.7 Å². The molecule has 2 N–H and O–H groups in total. The van der Waals surface area contributed by atoms with Crippen molar-refractivity contribution in [3.05, 3.63) is 47.0 Å². The average molecular weight is 421 g/mol. The van der Waals surface area contributed by atoms with E-state index in [4.69, 9.17) is 0 Å². The van der Waals surface area contributed by atoms with Gasteiger partial charge < -0.3 is 5.32 Å². The molecule has 0 radical (unpaired) electrons. The number of piperidine rings is 1. The third-order valence-electron chi connectivity index (χ3n) is 6.53. The van der Waals surface area contributed by atoms with E-state index >= 15 is 0 Å². The molecule has 5 rings (SSSR count). The molecule has 0 aromatic heterocycles. The van der Waals surface area contributed by atoms with Gasteiger partial charge in [0.25, 0.3) is 11.8 Å². The van der Waals surface area contributed by atoms with Crippen LogP contribution in [0.15, 0.2) is 30.4 Å². The number of nitrogens with zero attached hydrogens (tertiary/aromatic N) is 1. The molecule has 158 valence electrons. The van der Waals surface area contributed by atoms with Crippen LogP contribution in [0.5, 0.6) is 0 Å². The standard InChI is InChI=1S/C22H19N3O6/c26-16-7-6-15(20(29)24-16)25-21(30)13-3-1-2-11(17(13)22(25)31)9-23-19(28)14-8-10-4-5-12(14)18(10)27/h1-5,10,12,14-15H,6-9H2,(H,23,28)(H,24,26,29)/t10-,12?,14?,15?/m1/s1. The maximum absolute atomic E-state index is 13.1. The third-order valence-corrected chi connectivity index (χ3v) is 6.53. The second-order valence-electron chi connectivity index (χ2n) is 8.27. The smallest absolute Gasteiger partial charge is 0.262 e. The van der Waals surface area contributed by atoms with E-state index in [-0.39, 0.29) is 48.1 Å². The Morgan fingerprint density at radius 3 is 2.58 bits per heavy atom. The van der Waals surface area contributed by atoms with Crippen molar-refractivity contribution in [2.45, 2.75) is 31.8 Å². The largest absolute Gasteiger partial charge is 0.352 e. The van der Waals surface area contributed by atoms with Gasteiger partial charge in [0.05, 0.1) is 17.0 Å². The molecule has 2 heterocycles. The fourth-order valence-corrected chi connectivity index (χ4v) is 4.95. The fourth-order valence-electron chi connectivity index (χ4n) is 4.95. The van der Waals surface area contributed by atoms with Crippen molar-refractivity contribution in [2.75, 3.05) is 0 Å². The summed E-state index contributed by atoms with van der Waals surface area (Å²) >= 11 is 0. The molecule has 4 atom stereocenters. The van der Waals surface area contributed by atoms with Crippen molar-refractivity contribution in [3.8, 4) is 0 Å². The second kappa shape index (κ2) is 6.97. The highest BCUT2D eigenvalue weighted by molar-refractivity contribution is 6.24. The minimum absolute atomic E-state index is 0.0238. The molecule has 1 aromatic rings. The Bertz CT molecular complexity index is 1110. The van der Waals surface area contributed by atoms with Gasteiger partial charge in [-0.25, -0.2) is 0 Å². The summed E-state index contributed by atoms with van der Waals surface area (Å²) in [6.07, 6.45) is 4.23. The first kappa shape index (κ1) is 19.3. The van der Waals surface area contributed by atoms with Gasteiger partial charge in [0.2, 0.25) is 17.7 Å². The molecule has 1 saturated heterocycles. The number of rotatable bonds is 4. The number of imide groups is 2. The molecule has 2 aliphatic heterocycles. The fraction of sp³-hybridized carbons (Fsp3) is 0.364. The highest BCUT2D eigenvalue weighted by Gasteiger charge is 2.47.